The third kappa shape index (κ3) is 2.98. The average molecular weight is 408 g/mol. The summed E-state index contributed by atoms with van der Waals surface area (Å²) in [6, 6.07) is 11.9. The van der Waals surface area contributed by atoms with E-state index in [4.69, 9.17) is 40.2 Å². The summed E-state index contributed by atoms with van der Waals surface area (Å²) in [5, 5.41) is 10.8. The molecule has 2 aromatic carbocycles. The lowest BCUT2D eigenvalue weighted by Gasteiger charge is -2.50. The number of hydrogen-bond donors (Lipinski definition) is 3. The molecule has 2 bridgehead atoms. The zero-order valence-electron chi connectivity index (χ0n) is 13.7. The van der Waals surface area contributed by atoms with Crippen molar-refractivity contribution >= 4 is 52.1 Å². The van der Waals surface area contributed by atoms with Crippen LogP contribution in [0.3, 0.4) is 0 Å². The Balaban J connectivity index is 1.71. The maximum absolute atomic E-state index is 13.1. The van der Waals surface area contributed by atoms with Crippen LogP contribution in [0.2, 0.25) is 10.0 Å². The monoisotopic (exact) mass is 407 g/mol. The summed E-state index contributed by atoms with van der Waals surface area (Å²) < 4.78 is 6.13. The van der Waals surface area contributed by atoms with Crippen molar-refractivity contribution in [2.45, 2.75) is 18.7 Å². The molecule has 0 radical (unpaired) electrons. The van der Waals surface area contributed by atoms with Gasteiger partial charge in [-0.2, -0.15) is 0 Å². The topological polar surface area (TPSA) is 62.4 Å². The van der Waals surface area contributed by atoms with Gasteiger partial charge in [0, 0.05) is 21.3 Å². The summed E-state index contributed by atoms with van der Waals surface area (Å²) in [4.78, 5) is 13.1. The first kappa shape index (κ1) is 17.4. The smallest absolute Gasteiger partial charge is 0.236 e. The number of fused-ring (bicyclic) bond motifs is 4. The van der Waals surface area contributed by atoms with Crippen LogP contribution in [0.5, 0.6) is 5.75 Å². The lowest BCUT2D eigenvalue weighted by atomic mass is 9.80. The lowest BCUT2D eigenvalue weighted by molar-refractivity contribution is -0.132. The van der Waals surface area contributed by atoms with E-state index >= 15 is 0 Å². The summed E-state index contributed by atoms with van der Waals surface area (Å²) in [7, 11) is 0. The first-order valence-corrected chi connectivity index (χ1v) is 9.16. The van der Waals surface area contributed by atoms with E-state index in [9.17, 15) is 4.79 Å². The number of anilines is 1. The molecule has 26 heavy (non-hydrogen) atoms. The van der Waals surface area contributed by atoms with Crippen LogP contribution in [0.15, 0.2) is 42.5 Å². The van der Waals surface area contributed by atoms with E-state index in [2.05, 4.69) is 16.0 Å². The highest BCUT2D eigenvalue weighted by Gasteiger charge is 2.54. The number of nitrogens with one attached hydrogen (secondary N) is 3. The summed E-state index contributed by atoms with van der Waals surface area (Å²) in [5.41, 5.74) is 0.472. The zero-order valence-corrected chi connectivity index (χ0v) is 16.0. The largest absolute Gasteiger partial charge is 0.467 e. The minimum Gasteiger partial charge on any atom is -0.467 e. The zero-order chi connectivity index (χ0) is 18.5. The number of hydrogen-bond acceptors (Lipinski definition) is 3. The molecule has 2 aromatic rings. The normalized spacial score (nSPS) is 26.0. The fourth-order valence-electron chi connectivity index (χ4n) is 3.47. The number of thiocarbonyl (C=S) groups is 1. The van der Waals surface area contributed by atoms with Crippen molar-refractivity contribution < 1.29 is 9.53 Å². The Kier molecular flexibility index (Phi) is 4.22. The number of halogens is 2. The van der Waals surface area contributed by atoms with Crippen LogP contribution in [0.4, 0.5) is 5.69 Å². The van der Waals surface area contributed by atoms with Crippen LogP contribution >= 0.6 is 35.4 Å². The third-order valence-corrected chi connectivity index (χ3v) is 5.31. The van der Waals surface area contributed by atoms with Crippen LogP contribution in [0.25, 0.3) is 0 Å². The van der Waals surface area contributed by atoms with Crippen LogP contribution in [-0.2, 0) is 4.79 Å². The van der Waals surface area contributed by atoms with E-state index < -0.39 is 11.6 Å². The highest BCUT2D eigenvalue weighted by atomic mass is 35.5. The SMILES string of the molecule is C[C@]12NC(=S)N[C@@H](c3cc(Cl)ccc3O1)[C@@H]2C(=O)Nc1ccc(Cl)cc1. The minimum absolute atomic E-state index is 0.201. The number of amides is 1. The molecule has 2 aliphatic heterocycles. The van der Waals surface area contributed by atoms with Crippen molar-refractivity contribution in [1.29, 1.82) is 0 Å². The Hall–Kier alpha value is -2.02. The summed E-state index contributed by atoms with van der Waals surface area (Å²) in [6.07, 6.45) is 0. The fourth-order valence-corrected chi connectivity index (χ4v) is 4.10. The molecule has 2 aliphatic rings. The van der Waals surface area contributed by atoms with E-state index in [1.165, 1.54) is 0 Å². The number of carbonyl (C=O) groups is 1. The van der Waals surface area contributed by atoms with Gasteiger partial charge in [-0.3, -0.25) is 4.79 Å². The van der Waals surface area contributed by atoms with Gasteiger partial charge in [-0.15, -0.1) is 0 Å². The molecule has 1 fully saturated rings. The van der Waals surface area contributed by atoms with Gasteiger partial charge in [-0.1, -0.05) is 23.2 Å². The second-order valence-electron chi connectivity index (χ2n) is 6.44. The van der Waals surface area contributed by atoms with E-state index in [0.717, 1.165) is 5.56 Å². The van der Waals surface area contributed by atoms with Crippen molar-refractivity contribution in [2.24, 2.45) is 5.92 Å². The van der Waals surface area contributed by atoms with E-state index in [1.54, 1.807) is 42.5 Å². The molecule has 8 heteroatoms. The van der Waals surface area contributed by atoms with Gasteiger partial charge in [0.1, 0.15) is 11.7 Å². The lowest BCUT2D eigenvalue weighted by Crippen LogP contribution is -2.70. The highest BCUT2D eigenvalue weighted by molar-refractivity contribution is 7.80. The first-order chi connectivity index (χ1) is 12.4. The molecule has 0 spiro atoms. The summed E-state index contributed by atoms with van der Waals surface area (Å²) in [5.74, 6) is -0.108. The number of benzene rings is 2. The molecule has 134 valence electrons. The van der Waals surface area contributed by atoms with Gasteiger partial charge in [0.15, 0.2) is 10.8 Å². The minimum atomic E-state index is -0.982. The number of ether oxygens (including phenoxy) is 1. The molecule has 5 nitrogen and oxygen atoms in total. The first-order valence-electron chi connectivity index (χ1n) is 7.99. The predicted octanol–water partition coefficient (Wildman–Crippen LogP) is 3.88. The van der Waals surface area contributed by atoms with E-state index in [-0.39, 0.29) is 11.9 Å². The Labute approximate surface area is 166 Å². The molecule has 3 atom stereocenters. The molecule has 2 heterocycles. The molecular weight excluding hydrogens is 393 g/mol. The van der Waals surface area contributed by atoms with Gasteiger partial charge in [-0.05, 0) is 61.6 Å². The second-order valence-corrected chi connectivity index (χ2v) is 7.72. The summed E-state index contributed by atoms with van der Waals surface area (Å²) in [6.45, 7) is 1.82. The maximum Gasteiger partial charge on any atom is 0.236 e. The molecule has 4 rings (SSSR count). The van der Waals surface area contributed by atoms with Crippen molar-refractivity contribution in [3.05, 3.63) is 58.1 Å². The fraction of sp³-hybridized carbons (Fsp3) is 0.222. The molecule has 0 aliphatic carbocycles. The molecule has 0 aromatic heterocycles. The molecule has 1 saturated heterocycles. The molecular formula is C18H15Cl2N3O2S. The quantitative estimate of drug-likeness (QED) is 0.659. The van der Waals surface area contributed by atoms with Crippen LogP contribution in [-0.4, -0.2) is 16.7 Å². The van der Waals surface area contributed by atoms with Gasteiger partial charge in [-0.25, -0.2) is 0 Å². The standard InChI is InChI=1S/C18H15Cl2N3O2S/c1-18-14(16(24)21-11-5-2-9(19)3-6-11)15(22-17(26)23-18)12-8-10(20)4-7-13(12)25-18/h2-8,14-15H,1H3,(H,21,24)(H2,22,23,26)/t14-,15+,18+/m1/s1. The molecule has 3 N–H and O–H groups in total. The number of rotatable bonds is 2. The maximum atomic E-state index is 13.1. The average Bonchev–Trinajstić information content (AvgIpc) is 2.56. The third-order valence-electron chi connectivity index (χ3n) is 4.60. The van der Waals surface area contributed by atoms with E-state index in [1.807, 2.05) is 6.92 Å². The highest BCUT2D eigenvalue weighted by Crippen LogP contribution is 2.45. The summed E-state index contributed by atoms with van der Waals surface area (Å²) >= 11 is 17.4. The van der Waals surface area contributed by atoms with Gasteiger partial charge >= 0.3 is 0 Å². The van der Waals surface area contributed by atoms with Gasteiger partial charge < -0.3 is 20.7 Å². The van der Waals surface area contributed by atoms with Gasteiger partial charge in [0.2, 0.25) is 5.91 Å². The Morgan fingerprint density at radius 3 is 2.62 bits per heavy atom. The van der Waals surface area contributed by atoms with Crippen molar-refractivity contribution in [3.63, 3.8) is 0 Å². The second kappa shape index (κ2) is 6.30. The van der Waals surface area contributed by atoms with Crippen LogP contribution < -0.4 is 20.7 Å². The molecule has 0 saturated carbocycles. The van der Waals surface area contributed by atoms with Crippen LogP contribution in [0, 0.1) is 5.92 Å². The van der Waals surface area contributed by atoms with Crippen LogP contribution in [0.1, 0.15) is 18.5 Å². The van der Waals surface area contributed by atoms with Gasteiger partial charge in [0.05, 0.1) is 6.04 Å². The van der Waals surface area contributed by atoms with E-state index in [0.29, 0.717) is 26.6 Å². The van der Waals surface area contributed by atoms with Crippen molar-refractivity contribution in [2.75, 3.05) is 5.32 Å². The molecule has 0 unspecified atom stereocenters. The molecule has 1 amide bonds. The predicted molar refractivity (Wildman–Crippen MR) is 106 cm³/mol. The van der Waals surface area contributed by atoms with Crippen molar-refractivity contribution in [1.82, 2.24) is 10.6 Å². The van der Waals surface area contributed by atoms with Crippen molar-refractivity contribution in [3.8, 4) is 5.75 Å². The van der Waals surface area contributed by atoms with Gasteiger partial charge in [0.25, 0.3) is 0 Å². The number of carbonyl (C=O) groups excluding carboxylic acids is 1. The Morgan fingerprint density at radius 2 is 1.88 bits per heavy atom. The Morgan fingerprint density at radius 1 is 1.19 bits per heavy atom. The Bertz CT molecular complexity index is 906.